The Morgan fingerprint density at radius 1 is 0.852 bits per heavy atom. The minimum atomic E-state index is -0.524. The molecule has 0 radical (unpaired) electrons. The van der Waals surface area contributed by atoms with Crippen LogP contribution in [0.25, 0.3) is 0 Å². The predicted octanol–water partition coefficient (Wildman–Crippen LogP) is 3.60. The molecule has 0 amide bonds. The van der Waals surface area contributed by atoms with Gasteiger partial charge in [-0.1, -0.05) is 0 Å². The molecule has 0 fully saturated rings. The standard InChI is InChI=1S/C10H9NO3.C9H9BrO3/c1-13-8-3-4-9(10(12)14-2)7(5-8)6-11;1-12-6-3-4-7(8(10)5-6)9(11)13-2/h3-5H,1-2H3;3-5H,1-2H3. The monoisotopic (exact) mass is 435 g/mol. The van der Waals surface area contributed by atoms with Crippen molar-refractivity contribution >= 4 is 27.9 Å². The third-order valence-corrected chi connectivity index (χ3v) is 3.99. The highest BCUT2D eigenvalue weighted by molar-refractivity contribution is 9.10. The fourth-order valence-corrected chi connectivity index (χ4v) is 2.45. The lowest BCUT2D eigenvalue weighted by Crippen LogP contribution is -2.04. The molecule has 0 saturated carbocycles. The normalized spacial score (nSPS) is 9.19. The third kappa shape index (κ3) is 6.01. The van der Waals surface area contributed by atoms with Gasteiger partial charge in [-0.3, -0.25) is 0 Å². The van der Waals surface area contributed by atoms with Gasteiger partial charge in [0.1, 0.15) is 17.6 Å². The molecule has 7 nitrogen and oxygen atoms in total. The van der Waals surface area contributed by atoms with Crippen molar-refractivity contribution in [2.45, 2.75) is 0 Å². The molecule has 0 heterocycles. The second kappa shape index (κ2) is 10.8. The summed E-state index contributed by atoms with van der Waals surface area (Å²) in [5, 5.41) is 8.77. The van der Waals surface area contributed by atoms with Crippen LogP contribution in [0.2, 0.25) is 0 Å². The van der Waals surface area contributed by atoms with Gasteiger partial charge in [-0.15, -0.1) is 0 Å². The number of rotatable bonds is 4. The highest BCUT2D eigenvalue weighted by Gasteiger charge is 2.12. The molecule has 0 unspecified atom stereocenters. The molecule has 27 heavy (non-hydrogen) atoms. The zero-order valence-corrected chi connectivity index (χ0v) is 16.8. The van der Waals surface area contributed by atoms with E-state index in [4.69, 9.17) is 14.7 Å². The Bertz CT molecular complexity index is 860. The average Bonchev–Trinajstić information content (AvgIpc) is 2.72. The third-order valence-electron chi connectivity index (χ3n) is 3.33. The number of nitriles is 1. The first-order valence-corrected chi connectivity index (χ1v) is 8.29. The van der Waals surface area contributed by atoms with Gasteiger partial charge in [0.15, 0.2) is 0 Å². The zero-order chi connectivity index (χ0) is 20.4. The summed E-state index contributed by atoms with van der Waals surface area (Å²) in [6.45, 7) is 0. The summed E-state index contributed by atoms with van der Waals surface area (Å²) in [7, 11) is 5.68. The molecule has 2 rings (SSSR count). The smallest absolute Gasteiger partial charge is 0.339 e. The Balaban J connectivity index is 0.000000271. The van der Waals surface area contributed by atoms with E-state index in [-0.39, 0.29) is 17.1 Å². The molecule has 0 spiro atoms. The van der Waals surface area contributed by atoms with Gasteiger partial charge < -0.3 is 18.9 Å². The molecular weight excluding hydrogens is 418 g/mol. The van der Waals surface area contributed by atoms with E-state index in [1.54, 1.807) is 31.4 Å². The fourth-order valence-electron chi connectivity index (χ4n) is 1.93. The maximum atomic E-state index is 11.2. The van der Waals surface area contributed by atoms with Crippen LogP contribution in [0.3, 0.4) is 0 Å². The number of carbonyl (C=O) groups excluding carboxylic acids is 2. The molecule has 0 bridgehead atoms. The lowest BCUT2D eigenvalue weighted by atomic mass is 10.1. The van der Waals surface area contributed by atoms with Gasteiger partial charge in [-0.05, 0) is 52.3 Å². The van der Waals surface area contributed by atoms with E-state index in [0.717, 1.165) is 0 Å². The molecule has 0 saturated heterocycles. The van der Waals surface area contributed by atoms with Crippen molar-refractivity contribution in [3.63, 3.8) is 0 Å². The first-order valence-electron chi connectivity index (χ1n) is 7.50. The van der Waals surface area contributed by atoms with Crippen molar-refractivity contribution in [1.29, 1.82) is 5.26 Å². The summed E-state index contributed by atoms with van der Waals surface area (Å²) in [4.78, 5) is 22.3. The topological polar surface area (TPSA) is 94.8 Å². The minimum Gasteiger partial charge on any atom is -0.497 e. The SMILES string of the molecule is COC(=O)c1ccc(OC)cc1Br.COC(=O)c1ccc(OC)cc1C#N. The Kier molecular flexibility index (Phi) is 8.82. The van der Waals surface area contributed by atoms with Crippen molar-refractivity contribution in [2.24, 2.45) is 0 Å². The number of benzene rings is 2. The van der Waals surface area contributed by atoms with Gasteiger partial charge in [-0.25, -0.2) is 9.59 Å². The summed E-state index contributed by atoms with van der Waals surface area (Å²) in [5.74, 6) is 0.340. The number of methoxy groups -OCH3 is 4. The largest absolute Gasteiger partial charge is 0.497 e. The molecule has 0 aliphatic carbocycles. The van der Waals surface area contributed by atoms with Gasteiger partial charge in [0.2, 0.25) is 0 Å². The van der Waals surface area contributed by atoms with E-state index in [2.05, 4.69) is 25.4 Å². The molecule has 0 N–H and O–H groups in total. The Morgan fingerprint density at radius 2 is 1.33 bits per heavy atom. The maximum absolute atomic E-state index is 11.2. The molecule has 2 aromatic rings. The average molecular weight is 436 g/mol. The van der Waals surface area contributed by atoms with Gasteiger partial charge in [-0.2, -0.15) is 5.26 Å². The zero-order valence-electron chi connectivity index (χ0n) is 15.2. The van der Waals surface area contributed by atoms with Crippen LogP contribution >= 0.6 is 15.9 Å². The number of halogens is 1. The number of hydrogen-bond acceptors (Lipinski definition) is 7. The number of carbonyl (C=O) groups is 2. The number of esters is 2. The first kappa shape index (κ1) is 22.0. The molecule has 0 aliphatic heterocycles. The molecule has 0 atom stereocenters. The summed E-state index contributed by atoms with van der Waals surface area (Å²) in [6, 6.07) is 11.6. The van der Waals surface area contributed by atoms with Crippen molar-refractivity contribution in [3.05, 3.63) is 57.6 Å². The second-order valence-electron chi connectivity index (χ2n) is 4.85. The minimum absolute atomic E-state index is 0.246. The van der Waals surface area contributed by atoms with Gasteiger partial charge in [0.05, 0.1) is 45.1 Å². The highest BCUT2D eigenvalue weighted by Crippen LogP contribution is 2.23. The Hall–Kier alpha value is -3.05. The Labute approximate surface area is 165 Å². The van der Waals surface area contributed by atoms with E-state index in [1.165, 1.54) is 33.5 Å². The van der Waals surface area contributed by atoms with E-state index in [9.17, 15) is 9.59 Å². The van der Waals surface area contributed by atoms with Crippen LogP contribution in [0.1, 0.15) is 26.3 Å². The number of ether oxygens (including phenoxy) is 4. The van der Waals surface area contributed by atoms with Crippen LogP contribution in [0.5, 0.6) is 11.5 Å². The molecule has 142 valence electrons. The number of hydrogen-bond donors (Lipinski definition) is 0. The summed E-state index contributed by atoms with van der Waals surface area (Å²) >= 11 is 3.25. The van der Waals surface area contributed by atoms with Gasteiger partial charge >= 0.3 is 11.9 Å². The van der Waals surface area contributed by atoms with E-state index < -0.39 is 5.97 Å². The lowest BCUT2D eigenvalue weighted by Gasteiger charge is -2.04. The van der Waals surface area contributed by atoms with Gasteiger partial charge in [0, 0.05) is 4.47 Å². The molecule has 8 heteroatoms. The van der Waals surface area contributed by atoms with E-state index in [1.807, 2.05) is 6.07 Å². The predicted molar refractivity (Wildman–Crippen MR) is 101 cm³/mol. The molecule has 0 aromatic heterocycles. The molecule has 0 aliphatic rings. The molecule has 2 aromatic carbocycles. The van der Waals surface area contributed by atoms with Crippen molar-refractivity contribution < 1.29 is 28.5 Å². The fraction of sp³-hybridized carbons (Fsp3) is 0.211. The van der Waals surface area contributed by atoms with Crippen LogP contribution in [0, 0.1) is 11.3 Å². The van der Waals surface area contributed by atoms with Crippen molar-refractivity contribution in [2.75, 3.05) is 28.4 Å². The van der Waals surface area contributed by atoms with E-state index >= 15 is 0 Å². The summed E-state index contributed by atoms with van der Waals surface area (Å²) in [5.41, 5.74) is 0.982. The second-order valence-corrected chi connectivity index (χ2v) is 5.71. The lowest BCUT2D eigenvalue weighted by molar-refractivity contribution is 0.0591. The Morgan fingerprint density at radius 3 is 1.78 bits per heavy atom. The van der Waals surface area contributed by atoms with Crippen LogP contribution in [0.4, 0.5) is 0 Å². The van der Waals surface area contributed by atoms with Crippen LogP contribution in [-0.4, -0.2) is 40.4 Å². The summed E-state index contributed by atoms with van der Waals surface area (Å²) < 4.78 is 19.7. The van der Waals surface area contributed by atoms with Gasteiger partial charge in [0.25, 0.3) is 0 Å². The van der Waals surface area contributed by atoms with Crippen LogP contribution in [0.15, 0.2) is 40.9 Å². The van der Waals surface area contributed by atoms with E-state index in [0.29, 0.717) is 21.5 Å². The highest BCUT2D eigenvalue weighted by atomic mass is 79.9. The first-order chi connectivity index (χ1) is 12.9. The van der Waals surface area contributed by atoms with Crippen molar-refractivity contribution in [3.8, 4) is 17.6 Å². The van der Waals surface area contributed by atoms with Crippen LogP contribution < -0.4 is 9.47 Å². The van der Waals surface area contributed by atoms with Crippen LogP contribution in [-0.2, 0) is 9.47 Å². The molecular formula is C19H18BrNO6. The summed E-state index contributed by atoms with van der Waals surface area (Å²) in [6.07, 6.45) is 0. The number of nitrogens with zero attached hydrogens (tertiary/aromatic N) is 1. The van der Waals surface area contributed by atoms with Crippen molar-refractivity contribution in [1.82, 2.24) is 0 Å². The maximum Gasteiger partial charge on any atom is 0.339 e. The quantitative estimate of drug-likeness (QED) is 0.676.